The Balaban J connectivity index is 1.61. The van der Waals surface area contributed by atoms with Gasteiger partial charge in [-0.15, -0.1) is 0 Å². The van der Waals surface area contributed by atoms with E-state index in [1.807, 2.05) is 66.5 Å². The molecule has 1 amide bonds. The van der Waals surface area contributed by atoms with Crippen molar-refractivity contribution in [3.63, 3.8) is 0 Å². The SMILES string of the molecule is COc1ccc(CCNC(=O)c2cc(N(C)c3ccccc3)ccn2)cc1OC. The van der Waals surface area contributed by atoms with Gasteiger partial charge in [-0.1, -0.05) is 24.3 Å². The number of carbonyl (C=O) groups is 1. The van der Waals surface area contributed by atoms with Crippen molar-refractivity contribution in [2.45, 2.75) is 6.42 Å². The Morgan fingerprint density at radius 2 is 1.72 bits per heavy atom. The van der Waals surface area contributed by atoms with E-state index in [-0.39, 0.29) is 5.91 Å². The number of amides is 1. The average molecular weight is 391 g/mol. The van der Waals surface area contributed by atoms with Crippen molar-refractivity contribution in [2.24, 2.45) is 0 Å². The first-order chi connectivity index (χ1) is 14.1. The smallest absolute Gasteiger partial charge is 0.269 e. The number of para-hydroxylation sites is 1. The van der Waals surface area contributed by atoms with Gasteiger partial charge >= 0.3 is 0 Å². The van der Waals surface area contributed by atoms with E-state index in [4.69, 9.17) is 9.47 Å². The minimum atomic E-state index is -0.200. The monoisotopic (exact) mass is 391 g/mol. The lowest BCUT2D eigenvalue weighted by Gasteiger charge is -2.19. The number of hydrogen-bond acceptors (Lipinski definition) is 5. The van der Waals surface area contributed by atoms with Crippen LogP contribution in [0.15, 0.2) is 66.9 Å². The Kier molecular flexibility index (Phi) is 6.68. The fraction of sp³-hybridized carbons (Fsp3) is 0.217. The van der Waals surface area contributed by atoms with Crippen LogP contribution in [0.1, 0.15) is 16.1 Å². The van der Waals surface area contributed by atoms with Crippen molar-refractivity contribution < 1.29 is 14.3 Å². The van der Waals surface area contributed by atoms with Crippen LogP contribution in [-0.4, -0.2) is 38.7 Å². The maximum atomic E-state index is 12.5. The molecule has 0 fully saturated rings. The number of anilines is 2. The zero-order valence-electron chi connectivity index (χ0n) is 16.9. The number of rotatable bonds is 8. The van der Waals surface area contributed by atoms with Gasteiger partial charge in [0.05, 0.1) is 14.2 Å². The lowest BCUT2D eigenvalue weighted by Crippen LogP contribution is -2.26. The zero-order chi connectivity index (χ0) is 20.6. The second kappa shape index (κ2) is 9.59. The molecule has 0 saturated carbocycles. The number of benzene rings is 2. The largest absolute Gasteiger partial charge is 0.493 e. The fourth-order valence-electron chi connectivity index (χ4n) is 3.00. The molecule has 1 heterocycles. The number of nitrogens with one attached hydrogen (secondary N) is 1. The van der Waals surface area contributed by atoms with E-state index in [0.717, 1.165) is 16.9 Å². The molecule has 0 spiro atoms. The molecule has 2 aromatic carbocycles. The first-order valence-corrected chi connectivity index (χ1v) is 9.36. The zero-order valence-corrected chi connectivity index (χ0v) is 16.9. The van der Waals surface area contributed by atoms with Crippen LogP contribution in [-0.2, 0) is 6.42 Å². The third-order valence-corrected chi connectivity index (χ3v) is 4.65. The summed E-state index contributed by atoms with van der Waals surface area (Å²) in [4.78, 5) is 18.8. The molecule has 0 aliphatic rings. The summed E-state index contributed by atoms with van der Waals surface area (Å²) in [5, 5.41) is 2.93. The molecule has 0 bridgehead atoms. The van der Waals surface area contributed by atoms with Crippen LogP contribution in [0.5, 0.6) is 11.5 Å². The average Bonchev–Trinajstić information content (AvgIpc) is 2.79. The second-order valence-corrected chi connectivity index (χ2v) is 6.49. The van der Waals surface area contributed by atoms with Crippen molar-refractivity contribution in [2.75, 3.05) is 32.7 Å². The molecule has 150 valence electrons. The predicted molar refractivity (Wildman–Crippen MR) is 114 cm³/mol. The Bertz CT molecular complexity index is 961. The van der Waals surface area contributed by atoms with Gasteiger partial charge in [-0.3, -0.25) is 9.78 Å². The summed E-state index contributed by atoms with van der Waals surface area (Å²) in [5.74, 6) is 1.16. The highest BCUT2D eigenvalue weighted by Gasteiger charge is 2.11. The number of hydrogen-bond donors (Lipinski definition) is 1. The molecular formula is C23H25N3O3. The first kappa shape index (κ1) is 20.2. The number of aromatic nitrogens is 1. The summed E-state index contributed by atoms with van der Waals surface area (Å²) in [7, 11) is 5.17. The van der Waals surface area contributed by atoms with Crippen molar-refractivity contribution in [1.82, 2.24) is 10.3 Å². The van der Waals surface area contributed by atoms with Crippen molar-refractivity contribution in [1.29, 1.82) is 0 Å². The third kappa shape index (κ3) is 5.04. The van der Waals surface area contributed by atoms with Crippen molar-refractivity contribution in [3.8, 4) is 11.5 Å². The van der Waals surface area contributed by atoms with Gasteiger partial charge in [0.1, 0.15) is 5.69 Å². The first-order valence-electron chi connectivity index (χ1n) is 9.36. The maximum absolute atomic E-state index is 12.5. The topological polar surface area (TPSA) is 63.7 Å². The van der Waals surface area contributed by atoms with E-state index in [1.54, 1.807) is 26.5 Å². The van der Waals surface area contributed by atoms with E-state index >= 15 is 0 Å². The van der Waals surface area contributed by atoms with E-state index in [9.17, 15) is 4.79 Å². The van der Waals surface area contributed by atoms with Gasteiger partial charge in [-0.2, -0.15) is 0 Å². The van der Waals surface area contributed by atoms with E-state index in [2.05, 4.69) is 10.3 Å². The second-order valence-electron chi connectivity index (χ2n) is 6.49. The van der Waals surface area contributed by atoms with E-state index in [1.165, 1.54) is 0 Å². The van der Waals surface area contributed by atoms with Crippen molar-refractivity contribution >= 4 is 17.3 Å². The molecule has 3 aromatic rings. The lowest BCUT2D eigenvalue weighted by atomic mass is 10.1. The highest BCUT2D eigenvalue weighted by molar-refractivity contribution is 5.93. The summed E-state index contributed by atoms with van der Waals surface area (Å²) in [5.41, 5.74) is 3.38. The summed E-state index contributed by atoms with van der Waals surface area (Å²) in [6.07, 6.45) is 2.33. The molecule has 6 nitrogen and oxygen atoms in total. The minimum Gasteiger partial charge on any atom is -0.493 e. The predicted octanol–water partition coefficient (Wildman–Crippen LogP) is 3.84. The number of ether oxygens (including phenoxy) is 2. The fourth-order valence-corrected chi connectivity index (χ4v) is 3.00. The van der Waals surface area contributed by atoms with Crippen LogP contribution < -0.4 is 19.7 Å². The quantitative estimate of drug-likeness (QED) is 0.632. The van der Waals surface area contributed by atoms with Gasteiger partial charge in [-0.25, -0.2) is 0 Å². The highest BCUT2D eigenvalue weighted by Crippen LogP contribution is 2.27. The Morgan fingerprint density at radius 3 is 2.45 bits per heavy atom. The van der Waals surface area contributed by atoms with Gasteiger partial charge in [0.15, 0.2) is 11.5 Å². The Morgan fingerprint density at radius 1 is 0.966 bits per heavy atom. The molecule has 0 saturated heterocycles. The number of carbonyl (C=O) groups excluding carboxylic acids is 1. The van der Waals surface area contributed by atoms with Crippen LogP contribution in [0.25, 0.3) is 0 Å². The van der Waals surface area contributed by atoms with Gasteiger partial charge in [0, 0.05) is 31.2 Å². The molecule has 3 rings (SSSR count). The molecule has 0 atom stereocenters. The van der Waals surface area contributed by atoms with Crippen LogP contribution in [0.2, 0.25) is 0 Å². The molecule has 0 radical (unpaired) electrons. The Labute approximate surface area is 171 Å². The number of methoxy groups -OCH3 is 2. The minimum absolute atomic E-state index is 0.200. The van der Waals surface area contributed by atoms with Crippen molar-refractivity contribution in [3.05, 3.63) is 78.1 Å². The standard InChI is InChI=1S/C23H25N3O3/c1-26(18-7-5-4-6-8-18)19-12-14-24-20(16-19)23(27)25-13-11-17-9-10-21(28-2)22(15-17)29-3/h4-10,12,14-16H,11,13H2,1-3H3,(H,25,27). The van der Waals surface area contributed by atoms with Gasteiger partial charge in [0.25, 0.3) is 5.91 Å². The molecule has 1 aromatic heterocycles. The Hall–Kier alpha value is -3.54. The molecule has 6 heteroatoms. The maximum Gasteiger partial charge on any atom is 0.269 e. The summed E-state index contributed by atoms with van der Waals surface area (Å²) < 4.78 is 10.6. The molecule has 0 unspecified atom stereocenters. The lowest BCUT2D eigenvalue weighted by molar-refractivity contribution is 0.0949. The van der Waals surface area contributed by atoms with Gasteiger partial charge in [-0.05, 0) is 48.4 Å². The van der Waals surface area contributed by atoms with Crippen LogP contribution in [0.4, 0.5) is 11.4 Å². The number of nitrogens with zero attached hydrogens (tertiary/aromatic N) is 2. The molecule has 29 heavy (non-hydrogen) atoms. The third-order valence-electron chi connectivity index (χ3n) is 4.65. The van der Waals surface area contributed by atoms with Crippen LogP contribution in [0.3, 0.4) is 0 Å². The summed E-state index contributed by atoms with van der Waals surface area (Å²) in [6, 6.07) is 19.4. The van der Waals surface area contributed by atoms with Gasteiger partial charge in [0.2, 0.25) is 0 Å². The van der Waals surface area contributed by atoms with E-state index in [0.29, 0.717) is 30.2 Å². The normalized spacial score (nSPS) is 10.3. The van der Waals surface area contributed by atoms with E-state index < -0.39 is 0 Å². The highest BCUT2D eigenvalue weighted by atomic mass is 16.5. The molecular weight excluding hydrogens is 366 g/mol. The number of pyridine rings is 1. The van der Waals surface area contributed by atoms with Gasteiger partial charge < -0.3 is 19.7 Å². The van der Waals surface area contributed by atoms with Crippen LogP contribution in [0, 0.1) is 0 Å². The molecule has 0 aliphatic carbocycles. The molecule has 1 N–H and O–H groups in total. The summed E-state index contributed by atoms with van der Waals surface area (Å²) >= 11 is 0. The molecule has 0 aliphatic heterocycles. The van der Waals surface area contributed by atoms with Crippen LogP contribution >= 0.6 is 0 Å². The summed E-state index contributed by atoms with van der Waals surface area (Å²) in [6.45, 7) is 0.495.